The molecule has 1 saturated heterocycles. The van der Waals surface area contributed by atoms with E-state index in [1.807, 2.05) is 64.1 Å². The molecule has 0 aliphatic carbocycles. The Balaban J connectivity index is 1.71. The van der Waals surface area contributed by atoms with Crippen molar-refractivity contribution in [3.8, 4) is 0 Å². The Hall–Kier alpha value is -2.84. The van der Waals surface area contributed by atoms with Crippen LogP contribution in [-0.4, -0.2) is 35.9 Å². The van der Waals surface area contributed by atoms with Gasteiger partial charge in [-0.1, -0.05) is 36.4 Å². The summed E-state index contributed by atoms with van der Waals surface area (Å²) in [6.45, 7) is 8.21. The van der Waals surface area contributed by atoms with Gasteiger partial charge in [-0.2, -0.15) is 0 Å². The standard InChI is InChI=1S/C22H27BN2O5/c1-21(2)22(3,4)30-23(29-21)18(12-17-10-11-19(26)24-13-17)14-25-20(27)28-15-16-8-6-5-7-9-16/h5-13H,14-15H2,1-4H3,(H,24,26)(H,25,27). The van der Waals surface area contributed by atoms with E-state index in [9.17, 15) is 9.59 Å². The lowest BCUT2D eigenvalue weighted by Gasteiger charge is -2.32. The zero-order valence-corrected chi connectivity index (χ0v) is 17.7. The molecule has 2 aromatic rings. The number of aromatic amines is 1. The number of carbonyl (C=O) groups excluding carboxylic acids is 1. The number of H-pyrrole nitrogens is 1. The summed E-state index contributed by atoms with van der Waals surface area (Å²) in [6.07, 6.45) is 2.89. The number of aromatic nitrogens is 1. The van der Waals surface area contributed by atoms with E-state index < -0.39 is 24.4 Å². The first kappa shape index (κ1) is 21.9. The van der Waals surface area contributed by atoms with Crippen molar-refractivity contribution in [2.75, 3.05) is 6.54 Å². The highest BCUT2D eigenvalue weighted by atomic mass is 16.7. The molecule has 0 saturated carbocycles. The second kappa shape index (κ2) is 8.89. The average molecular weight is 410 g/mol. The maximum absolute atomic E-state index is 12.2. The van der Waals surface area contributed by atoms with Gasteiger partial charge in [0.25, 0.3) is 0 Å². The van der Waals surface area contributed by atoms with E-state index in [0.29, 0.717) is 5.47 Å². The van der Waals surface area contributed by atoms with Crippen LogP contribution in [0, 0.1) is 0 Å². The number of pyridine rings is 1. The number of hydrogen-bond donors (Lipinski definition) is 2. The van der Waals surface area contributed by atoms with Crippen molar-refractivity contribution in [3.63, 3.8) is 0 Å². The molecule has 158 valence electrons. The van der Waals surface area contributed by atoms with Crippen molar-refractivity contribution in [2.45, 2.75) is 45.5 Å². The molecule has 1 aliphatic heterocycles. The van der Waals surface area contributed by atoms with Crippen molar-refractivity contribution in [3.05, 3.63) is 75.6 Å². The summed E-state index contributed by atoms with van der Waals surface area (Å²) in [5.74, 6) is 0. The number of nitrogens with one attached hydrogen (secondary N) is 2. The molecule has 0 spiro atoms. The molecule has 1 fully saturated rings. The number of benzene rings is 1. The highest BCUT2D eigenvalue weighted by molar-refractivity contribution is 6.56. The maximum Gasteiger partial charge on any atom is 0.492 e. The number of ether oxygens (including phenoxy) is 1. The first-order valence-electron chi connectivity index (χ1n) is 9.86. The lowest BCUT2D eigenvalue weighted by Crippen LogP contribution is -2.41. The lowest BCUT2D eigenvalue weighted by molar-refractivity contribution is 0.00578. The minimum Gasteiger partial charge on any atom is -0.445 e. The fraction of sp³-hybridized carbons (Fsp3) is 0.364. The van der Waals surface area contributed by atoms with Crippen molar-refractivity contribution < 1.29 is 18.8 Å². The third-order valence-corrected chi connectivity index (χ3v) is 5.37. The van der Waals surface area contributed by atoms with Gasteiger partial charge in [-0.3, -0.25) is 4.79 Å². The van der Waals surface area contributed by atoms with E-state index >= 15 is 0 Å². The highest BCUT2D eigenvalue weighted by Crippen LogP contribution is 2.38. The van der Waals surface area contributed by atoms with Gasteiger partial charge in [0.2, 0.25) is 5.56 Å². The van der Waals surface area contributed by atoms with Crippen LogP contribution in [0.3, 0.4) is 0 Å². The second-order valence-corrected chi connectivity index (χ2v) is 8.21. The van der Waals surface area contributed by atoms with Gasteiger partial charge in [-0.25, -0.2) is 4.79 Å². The summed E-state index contributed by atoms with van der Waals surface area (Å²) < 4.78 is 17.5. The fourth-order valence-electron chi connectivity index (χ4n) is 2.87. The molecule has 1 aromatic heterocycles. The summed E-state index contributed by atoms with van der Waals surface area (Å²) in [5.41, 5.74) is 1.15. The molecule has 1 aliphatic rings. The monoisotopic (exact) mass is 410 g/mol. The SMILES string of the molecule is CC1(C)OB(C(=Cc2ccc(=O)[nH]c2)CNC(=O)OCc2ccccc2)OC1(C)C. The molecule has 0 bridgehead atoms. The average Bonchev–Trinajstić information content (AvgIpc) is 2.93. The predicted molar refractivity (Wildman–Crippen MR) is 116 cm³/mol. The van der Waals surface area contributed by atoms with E-state index in [1.54, 1.807) is 12.3 Å². The van der Waals surface area contributed by atoms with E-state index in [-0.39, 0.29) is 18.7 Å². The lowest BCUT2D eigenvalue weighted by atomic mass is 9.77. The topological polar surface area (TPSA) is 89.7 Å². The van der Waals surface area contributed by atoms with Gasteiger partial charge in [0, 0.05) is 18.8 Å². The van der Waals surface area contributed by atoms with Crippen LogP contribution in [0.2, 0.25) is 0 Å². The molecule has 30 heavy (non-hydrogen) atoms. The van der Waals surface area contributed by atoms with E-state index in [1.165, 1.54) is 6.07 Å². The number of carbonyl (C=O) groups is 1. The van der Waals surface area contributed by atoms with E-state index in [2.05, 4.69) is 10.3 Å². The van der Waals surface area contributed by atoms with Gasteiger partial charge in [-0.05, 0) is 50.4 Å². The van der Waals surface area contributed by atoms with Crippen LogP contribution >= 0.6 is 0 Å². The molecular formula is C22H27BN2O5. The highest BCUT2D eigenvalue weighted by Gasteiger charge is 2.52. The van der Waals surface area contributed by atoms with Crippen LogP contribution < -0.4 is 10.9 Å². The zero-order chi connectivity index (χ0) is 21.8. The Labute approximate surface area is 176 Å². The summed E-state index contributed by atoms with van der Waals surface area (Å²) in [4.78, 5) is 26.2. The predicted octanol–water partition coefficient (Wildman–Crippen LogP) is 3.32. The molecule has 2 N–H and O–H groups in total. The van der Waals surface area contributed by atoms with Gasteiger partial charge in [-0.15, -0.1) is 0 Å². The maximum atomic E-state index is 12.2. The third kappa shape index (κ3) is 5.40. The first-order chi connectivity index (χ1) is 14.2. The number of alkyl carbamates (subject to hydrolysis) is 1. The van der Waals surface area contributed by atoms with Crippen molar-refractivity contribution >= 4 is 19.3 Å². The molecule has 2 heterocycles. The number of hydrogen-bond acceptors (Lipinski definition) is 5. The van der Waals surface area contributed by atoms with Gasteiger partial charge in [0.05, 0.1) is 11.2 Å². The van der Waals surface area contributed by atoms with Gasteiger partial charge >= 0.3 is 13.2 Å². The number of amides is 1. The molecule has 1 amide bonds. The van der Waals surface area contributed by atoms with Crippen LogP contribution in [0.25, 0.3) is 6.08 Å². The molecule has 0 radical (unpaired) electrons. The molecule has 0 atom stereocenters. The second-order valence-electron chi connectivity index (χ2n) is 8.21. The van der Waals surface area contributed by atoms with Crippen LogP contribution in [0.15, 0.2) is 58.9 Å². The molecule has 1 aromatic carbocycles. The molecular weight excluding hydrogens is 383 g/mol. The van der Waals surface area contributed by atoms with Crippen molar-refractivity contribution in [1.82, 2.24) is 10.3 Å². The normalized spacial score (nSPS) is 17.6. The van der Waals surface area contributed by atoms with Gasteiger partial charge < -0.3 is 24.3 Å². The molecule has 8 heteroatoms. The van der Waals surface area contributed by atoms with Crippen molar-refractivity contribution in [1.29, 1.82) is 0 Å². The molecule has 7 nitrogen and oxygen atoms in total. The minimum atomic E-state index is -0.642. The van der Waals surface area contributed by atoms with E-state index in [4.69, 9.17) is 14.0 Å². The minimum absolute atomic E-state index is 0.170. The zero-order valence-electron chi connectivity index (χ0n) is 17.7. The van der Waals surface area contributed by atoms with Crippen LogP contribution in [0.5, 0.6) is 0 Å². The van der Waals surface area contributed by atoms with E-state index in [0.717, 1.165) is 11.1 Å². The Bertz CT molecular complexity index is 932. The van der Waals surface area contributed by atoms with Crippen LogP contribution in [0.1, 0.15) is 38.8 Å². The summed E-state index contributed by atoms with van der Waals surface area (Å²) in [6, 6.07) is 12.6. The summed E-state index contributed by atoms with van der Waals surface area (Å²) in [5, 5.41) is 2.75. The summed E-state index contributed by atoms with van der Waals surface area (Å²) in [7, 11) is -0.642. The molecule has 0 unspecified atom stereocenters. The van der Waals surface area contributed by atoms with Crippen LogP contribution in [-0.2, 0) is 20.7 Å². The Morgan fingerprint density at radius 2 is 1.77 bits per heavy atom. The smallest absolute Gasteiger partial charge is 0.445 e. The fourth-order valence-corrected chi connectivity index (χ4v) is 2.87. The Morgan fingerprint density at radius 3 is 2.37 bits per heavy atom. The molecule has 3 rings (SSSR count). The van der Waals surface area contributed by atoms with Gasteiger partial charge in [0.1, 0.15) is 6.61 Å². The van der Waals surface area contributed by atoms with Crippen molar-refractivity contribution in [2.24, 2.45) is 0 Å². The van der Waals surface area contributed by atoms with Gasteiger partial charge in [0.15, 0.2) is 0 Å². The Morgan fingerprint density at radius 1 is 1.10 bits per heavy atom. The first-order valence-corrected chi connectivity index (χ1v) is 9.86. The third-order valence-electron chi connectivity index (χ3n) is 5.37. The Kier molecular flexibility index (Phi) is 6.48. The summed E-state index contributed by atoms with van der Waals surface area (Å²) >= 11 is 0. The number of rotatable bonds is 6. The van der Waals surface area contributed by atoms with Crippen LogP contribution in [0.4, 0.5) is 4.79 Å². The quantitative estimate of drug-likeness (QED) is 0.714. The largest absolute Gasteiger partial charge is 0.492 e.